The minimum Gasteiger partial charge on any atom is -0.493 e. The zero-order valence-electron chi connectivity index (χ0n) is 14.4. The normalized spacial score (nSPS) is 21.0. The van der Waals surface area contributed by atoms with Gasteiger partial charge in [0.2, 0.25) is 0 Å². The number of nitrogens with two attached hydrogens (primary N) is 1. The van der Waals surface area contributed by atoms with Crippen LogP contribution in [0.3, 0.4) is 0 Å². The number of methoxy groups -OCH3 is 1. The molecular weight excluding hydrogens is 300 g/mol. The van der Waals surface area contributed by atoms with Crippen LogP contribution in [-0.4, -0.2) is 32.1 Å². The van der Waals surface area contributed by atoms with Crippen LogP contribution in [0, 0.1) is 5.92 Å². The minimum atomic E-state index is 0.392. The molecule has 1 aliphatic heterocycles. The largest absolute Gasteiger partial charge is 0.493 e. The number of hydrogen-bond acceptors (Lipinski definition) is 4. The number of ether oxygens (including phenoxy) is 2. The van der Waals surface area contributed by atoms with E-state index in [1.807, 2.05) is 24.3 Å². The van der Waals surface area contributed by atoms with Gasteiger partial charge in [-0.15, -0.1) is 0 Å². The Morgan fingerprint density at radius 3 is 2.58 bits per heavy atom. The zero-order valence-corrected chi connectivity index (χ0v) is 14.4. The summed E-state index contributed by atoms with van der Waals surface area (Å²) in [6.07, 6.45) is 1.09. The highest BCUT2D eigenvalue weighted by Gasteiger charge is 2.30. The lowest BCUT2D eigenvalue weighted by Gasteiger charge is -2.21. The third kappa shape index (κ3) is 3.71. The lowest BCUT2D eigenvalue weighted by molar-refractivity contribution is 0.280. The number of benzene rings is 2. The number of nitrogens with zero attached hydrogens (tertiary/aromatic N) is 1. The molecule has 1 heterocycles. The predicted octanol–water partition coefficient (Wildman–Crippen LogP) is 3.23. The molecule has 2 aromatic rings. The van der Waals surface area contributed by atoms with Crippen LogP contribution < -0.4 is 15.2 Å². The number of hydrogen-bond donors (Lipinski definition) is 1. The minimum absolute atomic E-state index is 0.392. The van der Waals surface area contributed by atoms with Crippen LogP contribution in [0.5, 0.6) is 11.5 Å². The van der Waals surface area contributed by atoms with Gasteiger partial charge in [-0.3, -0.25) is 4.90 Å². The molecule has 0 bridgehead atoms. The van der Waals surface area contributed by atoms with Crippen molar-refractivity contribution in [1.29, 1.82) is 0 Å². The van der Waals surface area contributed by atoms with E-state index in [-0.39, 0.29) is 0 Å². The highest BCUT2D eigenvalue weighted by molar-refractivity contribution is 5.44. The molecule has 0 radical (unpaired) electrons. The third-order valence-electron chi connectivity index (χ3n) is 4.78. The molecule has 2 N–H and O–H groups in total. The van der Waals surface area contributed by atoms with Gasteiger partial charge in [0.1, 0.15) is 6.61 Å². The van der Waals surface area contributed by atoms with Gasteiger partial charge < -0.3 is 15.2 Å². The van der Waals surface area contributed by atoms with Crippen LogP contribution in [0.15, 0.2) is 48.5 Å². The molecule has 2 unspecified atom stereocenters. The molecule has 0 amide bonds. The molecule has 2 aromatic carbocycles. The lowest BCUT2D eigenvalue weighted by Crippen LogP contribution is -2.20. The number of likely N-dealkylation sites (tertiary alicyclic amines) is 1. The summed E-state index contributed by atoms with van der Waals surface area (Å²) < 4.78 is 11.5. The summed E-state index contributed by atoms with van der Waals surface area (Å²) in [5.41, 5.74) is 8.26. The molecule has 4 heteroatoms. The first-order valence-corrected chi connectivity index (χ1v) is 8.46. The second-order valence-electron chi connectivity index (χ2n) is 6.48. The van der Waals surface area contributed by atoms with Crippen LogP contribution in [0.1, 0.15) is 23.6 Å². The SMILES string of the molecule is COc1ccc(C2CC(CN)CN2C)cc1OCc1ccccc1. The topological polar surface area (TPSA) is 47.7 Å². The predicted molar refractivity (Wildman–Crippen MR) is 96.3 cm³/mol. The Balaban J connectivity index is 1.78. The quantitative estimate of drug-likeness (QED) is 0.885. The first-order chi connectivity index (χ1) is 11.7. The smallest absolute Gasteiger partial charge is 0.161 e. The third-order valence-corrected chi connectivity index (χ3v) is 4.78. The van der Waals surface area contributed by atoms with Gasteiger partial charge in [0.15, 0.2) is 11.5 Å². The van der Waals surface area contributed by atoms with Gasteiger partial charge in [-0.2, -0.15) is 0 Å². The van der Waals surface area contributed by atoms with Crippen LogP contribution >= 0.6 is 0 Å². The van der Waals surface area contributed by atoms with Crippen molar-refractivity contribution in [2.75, 3.05) is 27.2 Å². The molecule has 0 spiro atoms. The summed E-state index contributed by atoms with van der Waals surface area (Å²) in [6, 6.07) is 16.8. The molecule has 1 aliphatic rings. The van der Waals surface area contributed by atoms with E-state index < -0.39 is 0 Å². The van der Waals surface area contributed by atoms with Gasteiger partial charge >= 0.3 is 0 Å². The Bertz CT molecular complexity index is 660. The lowest BCUT2D eigenvalue weighted by atomic mass is 9.99. The Morgan fingerprint density at radius 2 is 1.92 bits per heavy atom. The van der Waals surface area contributed by atoms with Gasteiger partial charge in [-0.1, -0.05) is 36.4 Å². The van der Waals surface area contributed by atoms with Crippen LogP contribution in [0.25, 0.3) is 0 Å². The van der Waals surface area contributed by atoms with E-state index in [2.05, 4.69) is 36.2 Å². The summed E-state index contributed by atoms with van der Waals surface area (Å²) in [5.74, 6) is 2.13. The van der Waals surface area contributed by atoms with Crippen LogP contribution in [0.2, 0.25) is 0 Å². The van der Waals surface area contributed by atoms with Gasteiger partial charge in [0, 0.05) is 12.6 Å². The van der Waals surface area contributed by atoms with E-state index in [0.29, 0.717) is 18.6 Å². The highest BCUT2D eigenvalue weighted by Crippen LogP contribution is 2.38. The van der Waals surface area contributed by atoms with E-state index in [4.69, 9.17) is 15.2 Å². The van der Waals surface area contributed by atoms with Crippen molar-refractivity contribution in [2.24, 2.45) is 11.7 Å². The second-order valence-corrected chi connectivity index (χ2v) is 6.48. The summed E-state index contributed by atoms with van der Waals surface area (Å²) in [4.78, 5) is 2.38. The van der Waals surface area contributed by atoms with Crippen molar-refractivity contribution in [3.8, 4) is 11.5 Å². The molecule has 0 aromatic heterocycles. The van der Waals surface area contributed by atoms with Crippen molar-refractivity contribution in [3.05, 3.63) is 59.7 Å². The Morgan fingerprint density at radius 1 is 1.12 bits per heavy atom. The van der Waals surface area contributed by atoms with Crippen LogP contribution in [-0.2, 0) is 6.61 Å². The first kappa shape index (κ1) is 16.8. The van der Waals surface area contributed by atoms with Crippen LogP contribution in [0.4, 0.5) is 0 Å². The average molecular weight is 326 g/mol. The Kier molecular flexibility index (Phi) is 5.38. The standard InChI is InChI=1S/C20H26N2O2/c1-22-13-16(12-21)10-18(22)17-8-9-19(23-2)20(11-17)24-14-15-6-4-3-5-7-15/h3-9,11,16,18H,10,12-14,21H2,1-2H3. The molecule has 24 heavy (non-hydrogen) atoms. The molecule has 0 aliphatic carbocycles. The maximum atomic E-state index is 6.03. The van der Waals surface area contributed by atoms with Crippen molar-refractivity contribution in [2.45, 2.75) is 19.1 Å². The monoisotopic (exact) mass is 326 g/mol. The van der Waals surface area contributed by atoms with E-state index in [1.165, 1.54) is 5.56 Å². The molecular formula is C20H26N2O2. The fourth-order valence-corrected chi connectivity index (χ4v) is 3.41. The first-order valence-electron chi connectivity index (χ1n) is 8.46. The summed E-state index contributed by atoms with van der Waals surface area (Å²) >= 11 is 0. The van der Waals surface area contributed by atoms with E-state index >= 15 is 0 Å². The second kappa shape index (κ2) is 7.69. The maximum absolute atomic E-state index is 6.03. The van der Waals surface area contributed by atoms with Crippen molar-refractivity contribution >= 4 is 0 Å². The molecule has 128 valence electrons. The summed E-state index contributed by atoms with van der Waals surface area (Å²) in [7, 11) is 3.84. The highest BCUT2D eigenvalue weighted by atomic mass is 16.5. The fourth-order valence-electron chi connectivity index (χ4n) is 3.41. The fraction of sp³-hybridized carbons (Fsp3) is 0.400. The van der Waals surface area contributed by atoms with E-state index in [0.717, 1.165) is 36.6 Å². The van der Waals surface area contributed by atoms with Gasteiger partial charge in [-0.05, 0) is 49.2 Å². The molecule has 1 saturated heterocycles. The molecule has 1 fully saturated rings. The molecule has 0 saturated carbocycles. The van der Waals surface area contributed by atoms with Gasteiger partial charge in [0.05, 0.1) is 7.11 Å². The summed E-state index contributed by atoms with van der Waals surface area (Å²) in [5, 5.41) is 0. The summed E-state index contributed by atoms with van der Waals surface area (Å²) in [6.45, 7) is 2.33. The molecule has 2 atom stereocenters. The molecule has 3 rings (SSSR count). The maximum Gasteiger partial charge on any atom is 0.161 e. The van der Waals surface area contributed by atoms with Crippen molar-refractivity contribution in [3.63, 3.8) is 0 Å². The Labute approximate surface area is 144 Å². The number of rotatable bonds is 6. The van der Waals surface area contributed by atoms with Gasteiger partial charge in [-0.25, -0.2) is 0 Å². The Hall–Kier alpha value is -2.04. The van der Waals surface area contributed by atoms with Crippen molar-refractivity contribution < 1.29 is 9.47 Å². The zero-order chi connectivity index (χ0) is 16.9. The van der Waals surface area contributed by atoms with E-state index in [9.17, 15) is 0 Å². The van der Waals surface area contributed by atoms with Gasteiger partial charge in [0.25, 0.3) is 0 Å². The molecule has 4 nitrogen and oxygen atoms in total. The average Bonchev–Trinajstić information content (AvgIpc) is 3.01. The van der Waals surface area contributed by atoms with E-state index in [1.54, 1.807) is 7.11 Å². The van der Waals surface area contributed by atoms with Crippen molar-refractivity contribution in [1.82, 2.24) is 4.90 Å².